The first-order chi connectivity index (χ1) is 4.56. The van der Waals surface area contributed by atoms with Crippen LogP contribution in [0.4, 0.5) is 0 Å². The van der Waals surface area contributed by atoms with Gasteiger partial charge in [0, 0.05) is 8.07 Å². The first-order valence-electron chi connectivity index (χ1n) is 4.17. The van der Waals surface area contributed by atoms with Crippen molar-refractivity contribution in [2.45, 2.75) is 45.5 Å². The maximum absolute atomic E-state index is 2.43. The lowest BCUT2D eigenvalue weighted by atomic mass is 10.3. The van der Waals surface area contributed by atoms with Gasteiger partial charge >= 0.3 is 0 Å². The van der Waals surface area contributed by atoms with Gasteiger partial charge in [-0.25, -0.2) is 0 Å². The molecule has 0 aromatic rings. The van der Waals surface area contributed by atoms with Crippen molar-refractivity contribution in [3.05, 3.63) is 12.2 Å². The summed E-state index contributed by atoms with van der Waals surface area (Å²) in [6, 6.07) is 1.47. The van der Waals surface area contributed by atoms with Crippen molar-refractivity contribution >= 4 is 8.07 Å². The Morgan fingerprint density at radius 1 is 1.20 bits per heavy atom. The molecule has 0 unspecified atom stereocenters. The molecule has 0 aliphatic heterocycles. The van der Waals surface area contributed by atoms with Gasteiger partial charge in [-0.15, -0.1) is 0 Å². The predicted octanol–water partition coefficient (Wildman–Crippen LogP) is 3.68. The average molecular weight is 156 g/mol. The lowest BCUT2D eigenvalue weighted by molar-refractivity contribution is 0.933. The number of unbranched alkanes of at least 4 members (excludes halogenated alkanes) is 1. The third kappa shape index (κ3) is 7.96. The minimum atomic E-state index is -0.741. The topological polar surface area (TPSA) is 0 Å². The maximum Gasteiger partial charge on any atom is 0.0442 e. The molecule has 1 heteroatoms. The van der Waals surface area contributed by atoms with Crippen LogP contribution in [0.3, 0.4) is 0 Å². The van der Waals surface area contributed by atoms with Crippen LogP contribution in [0.5, 0.6) is 0 Å². The van der Waals surface area contributed by atoms with Crippen molar-refractivity contribution in [3.63, 3.8) is 0 Å². The van der Waals surface area contributed by atoms with E-state index in [4.69, 9.17) is 0 Å². The minimum absolute atomic E-state index is 0.741. The summed E-state index contributed by atoms with van der Waals surface area (Å²) in [5.74, 6) is 0. The Morgan fingerprint density at radius 2 is 1.80 bits per heavy atom. The number of hydrogen-bond donors (Lipinski definition) is 0. The van der Waals surface area contributed by atoms with E-state index in [9.17, 15) is 0 Å². The fourth-order valence-corrected chi connectivity index (χ4v) is 2.18. The number of allylic oxidation sites excluding steroid dienone is 2. The molecular weight excluding hydrogens is 136 g/mol. The van der Waals surface area contributed by atoms with Gasteiger partial charge in [-0.1, -0.05) is 44.3 Å². The van der Waals surface area contributed by atoms with Crippen molar-refractivity contribution in [1.82, 2.24) is 0 Å². The molecule has 0 heterocycles. The molecule has 0 aliphatic rings. The van der Waals surface area contributed by atoms with Gasteiger partial charge in [0.1, 0.15) is 0 Å². The summed E-state index contributed by atoms with van der Waals surface area (Å²) in [6.07, 6.45) is 7.07. The zero-order valence-electron chi connectivity index (χ0n) is 7.78. The molecule has 10 heavy (non-hydrogen) atoms. The smallest absolute Gasteiger partial charge is 0.0442 e. The quantitative estimate of drug-likeness (QED) is 0.331. The zero-order chi connectivity index (χ0) is 8.04. The van der Waals surface area contributed by atoms with Gasteiger partial charge in [-0.2, -0.15) is 0 Å². The number of hydrogen-bond acceptors (Lipinski definition) is 0. The van der Waals surface area contributed by atoms with Crippen LogP contribution < -0.4 is 0 Å². The molecule has 0 amide bonds. The van der Waals surface area contributed by atoms with Crippen LogP contribution in [0, 0.1) is 0 Å². The van der Waals surface area contributed by atoms with Gasteiger partial charge in [0.25, 0.3) is 0 Å². The van der Waals surface area contributed by atoms with Gasteiger partial charge in [0.05, 0.1) is 0 Å². The van der Waals surface area contributed by atoms with Crippen LogP contribution in [-0.4, -0.2) is 8.07 Å². The highest BCUT2D eigenvalue weighted by Gasteiger charge is 2.10. The molecule has 0 nitrogen and oxygen atoms in total. The molecule has 60 valence electrons. The first kappa shape index (κ1) is 9.96. The molecule has 0 saturated carbocycles. The van der Waals surface area contributed by atoms with Crippen LogP contribution >= 0.6 is 0 Å². The van der Waals surface area contributed by atoms with Gasteiger partial charge in [0.15, 0.2) is 0 Å². The van der Waals surface area contributed by atoms with E-state index >= 15 is 0 Å². The van der Waals surface area contributed by atoms with E-state index in [2.05, 4.69) is 38.7 Å². The Balaban J connectivity index is 3.20. The maximum atomic E-state index is 2.43. The summed E-state index contributed by atoms with van der Waals surface area (Å²) in [4.78, 5) is 0. The first-order valence-corrected chi connectivity index (χ1v) is 7.88. The Morgan fingerprint density at radius 3 is 2.20 bits per heavy atom. The fraction of sp³-hybridized carbons (Fsp3) is 0.778. The fourth-order valence-electron chi connectivity index (χ4n) is 0.917. The van der Waals surface area contributed by atoms with E-state index in [1.807, 2.05) is 0 Å². The zero-order valence-corrected chi connectivity index (χ0v) is 8.78. The second kappa shape index (κ2) is 4.72. The molecule has 0 radical (unpaired) electrons. The molecule has 0 atom stereocenters. The lowest BCUT2D eigenvalue weighted by Crippen LogP contribution is -2.18. The van der Waals surface area contributed by atoms with Crippen LogP contribution in [0.25, 0.3) is 0 Å². The molecule has 0 spiro atoms. The Bertz CT molecular complexity index is 97.8. The molecule has 0 N–H and O–H groups in total. The van der Waals surface area contributed by atoms with Crippen molar-refractivity contribution < 1.29 is 0 Å². The van der Waals surface area contributed by atoms with Gasteiger partial charge in [-0.3, -0.25) is 0 Å². The molecule has 0 rings (SSSR count). The third-order valence-electron chi connectivity index (χ3n) is 1.53. The van der Waals surface area contributed by atoms with Gasteiger partial charge < -0.3 is 0 Å². The average Bonchev–Trinajstić information content (AvgIpc) is 1.78. The Labute approximate surface area is 66.4 Å². The van der Waals surface area contributed by atoms with E-state index < -0.39 is 8.07 Å². The summed E-state index contributed by atoms with van der Waals surface area (Å²) in [5.41, 5.74) is 0. The second-order valence-electron chi connectivity index (χ2n) is 4.02. The van der Waals surface area contributed by atoms with Gasteiger partial charge in [0.2, 0.25) is 0 Å². The lowest BCUT2D eigenvalue weighted by Gasteiger charge is -2.13. The summed E-state index contributed by atoms with van der Waals surface area (Å²) in [6.45, 7) is 9.39. The van der Waals surface area contributed by atoms with Crippen LogP contribution in [0.1, 0.15) is 19.8 Å². The van der Waals surface area contributed by atoms with E-state index in [1.54, 1.807) is 0 Å². The predicted molar refractivity (Wildman–Crippen MR) is 52.2 cm³/mol. The Hall–Kier alpha value is -0.0431. The summed E-state index contributed by atoms with van der Waals surface area (Å²) >= 11 is 0. The standard InChI is InChI=1S/C9H20Si/c1-5-6-7-8-9-10(2,3)4/h5-6H,7-9H2,1-4H3. The van der Waals surface area contributed by atoms with E-state index in [0.29, 0.717) is 0 Å². The summed E-state index contributed by atoms with van der Waals surface area (Å²) in [5, 5.41) is 0. The molecule has 0 saturated heterocycles. The SMILES string of the molecule is CC=CCCC[Si](C)(C)C. The summed E-state index contributed by atoms with van der Waals surface area (Å²) < 4.78 is 0. The van der Waals surface area contributed by atoms with Crippen molar-refractivity contribution in [2.75, 3.05) is 0 Å². The molecule has 0 aromatic heterocycles. The molecule has 0 bridgehead atoms. The minimum Gasteiger partial charge on any atom is -0.0917 e. The van der Waals surface area contributed by atoms with E-state index in [-0.39, 0.29) is 0 Å². The number of rotatable bonds is 4. The van der Waals surface area contributed by atoms with E-state index in [1.165, 1.54) is 18.9 Å². The molecule has 0 aromatic carbocycles. The Kier molecular flexibility index (Phi) is 4.70. The van der Waals surface area contributed by atoms with Crippen LogP contribution in [0.2, 0.25) is 25.7 Å². The second-order valence-corrected chi connectivity index (χ2v) is 9.64. The largest absolute Gasteiger partial charge is 0.0917 e. The molecule has 0 fully saturated rings. The highest BCUT2D eigenvalue weighted by Crippen LogP contribution is 2.12. The highest BCUT2D eigenvalue weighted by atomic mass is 28.3. The van der Waals surface area contributed by atoms with Crippen molar-refractivity contribution in [1.29, 1.82) is 0 Å². The van der Waals surface area contributed by atoms with Crippen molar-refractivity contribution in [3.8, 4) is 0 Å². The van der Waals surface area contributed by atoms with Crippen LogP contribution in [0.15, 0.2) is 12.2 Å². The molecular formula is C9H20Si. The monoisotopic (exact) mass is 156 g/mol. The summed E-state index contributed by atoms with van der Waals surface area (Å²) in [7, 11) is -0.741. The van der Waals surface area contributed by atoms with Crippen molar-refractivity contribution in [2.24, 2.45) is 0 Å². The normalized spacial score (nSPS) is 12.8. The third-order valence-corrected chi connectivity index (χ3v) is 3.39. The van der Waals surface area contributed by atoms with E-state index in [0.717, 1.165) is 0 Å². The van der Waals surface area contributed by atoms with Crippen LogP contribution in [-0.2, 0) is 0 Å². The highest BCUT2D eigenvalue weighted by molar-refractivity contribution is 6.76. The molecule has 0 aliphatic carbocycles. The van der Waals surface area contributed by atoms with Gasteiger partial charge in [-0.05, 0) is 13.3 Å².